The summed E-state index contributed by atoms with van der Waals surface area (Å²) in [4.78, 5) is 24.3. The standard InChI is InChI=1S/C8H8ClNO3/c1-4-6(9)5(3-11)7(10-4)8(12)13-2/h3,10H,1-2H3. The lowest BCUT2D eigenvalue weighted by Crippen LogP contribution is -2.04. The minimum atomic E-state index is -0.600. The predicted molar refractivity (Wildman–Crippen MR) is 47.3 cm³/mol. The van der Waals surface area contributed by atoms with Gasteiger partial charge in [-0.15, -0.1) is 0 Å². The molecule has 0 aliphatic heterocycles. The van der Waals surface area contributed by atoms with Crippen LogP contribution < -0.4 is 0 Å². The van der Waals surface area contributed by atoms with Gasteiger partial charge in [-0.2, -0.15) is 0 Å². The number of ether oxygens (including phenoxy) is 1. The van der Waals surface area contributed by atoms with Gasteiger partial charge < -0.3 is 9.72 Å². The van der Waals surface area contributed by atoms with Crippen molar-refractivity contribution in [2.75, 3.05) is 7.11 Å². The van der Waals surface area contributed by atoms with Crippen molar-refractivity contribution in [2.45, 2.75) is 6.92 Å². The highest BCUT2D eigenvalue weighted by Crippen LogP contribution is 2.22. The van der Waals surface area contributed by atoms with Gasteiger partial charge in [0.25, 0.3) is 0 Å². The zero-order valence-corrected chi connectivity index (χ0v) is 7.94. The molecule has 0 aliphatic rings. The highest BCUT2D eigenvalue weighted by Gasteiger charge is 2.18. The molecule has 1 heterocycles. The van der Waals surface area contributed by atoms with E-state index in [0.717, 1.165) is 0 Å². The number of hydrogen-bond acceptors (Lipinski definition) is 3. The zero-order valence-electron chi connectivity index (χ0n) is 7.18. The molecule has 1 N–H and O–H groups in total. The minimum Gasteiger partial charge on any atom is -0.464 e. The molecule has 5 heteroatoms. The zero-order chi connectivity index (χ0) is 10.0. The number of esters is 1. The quantitative estimate of drug-likeness (QED) is 0.584. The monoisotopic (exact) mass is 201 g/mol. The average Bonchev–Trinajstić information content (AvgIpc) is 2.42. The van der Waals surface area contributed by atoms with Gasteiger partial charge in [0.2, 0.25) is 0 Å². The van der Waals surface area contributed by atoms with Gasteiger partial charge in [0.1, 0.15) is 5.69 Å². The van der Waals surface area contributed by atoms with Crippen LogP contribution in [0.2, 0.25) is 5.02 Å². The van der Waals surface area contributed by atoms with Gasteiger partial charge in [-0.25, -0.2) is 4.79 Å². The fraction of sp³-hybridized carbons (Fsp3) is 0.250. The van der Waals surface area contributed by atoms with E-state index < -0.39 is 5.97 Å². The van der Waals surface area contributed by atoms with E-state index in [1.165, 1.54) is 7.11 Å². The van der Waals surface area contributed by atoms with Crippen molar-refractivity contribution in [1.29, 1.82) is 0 Å². The van der Waals surface area contributed by atoms with Crippen molar-refractivity contribution >= 4 is 23.9 Å². The predicted octanol–water partition coefficient (Wildman–Crippen LogP) is 1.58. The Labute approximate surface area is 79.8 Å². The molecule has 70 valence electrons. The number of carbonyl (C=O) groups is 2. The molecule has 4 nitrogen and oxygen atoms in total. The fourth-order valence-electron chi connectivity index (χ4n) is 0.995. The molecular formula is C8H8ClNO3. The van der Waals surface area contributed by atoms with Crippen molar-refractivity contribution in [1.82, 2.24) is 4.98 Å². The third-order valence-corrected chi connectivity index (χ3v) is 2.14. The summed E-state index contributed by atoms with van der Waals surface area (Å²) in [5, 5.41) is 0.260. The fourth-order valence-corrected chi connectivity index (χ4v) is 1.18. The molecule has 0 spiro atoms. The Hall–Kier alpha value is -1.29. The van der Waals surface area contributed by atoms with E-state index in [2.05, 4.69) is 9.72 Å². The van der Waals surface area contributed by atoms with E-state index in [1.54, 1.807) is 6.92 Å². The smallest absolute Gasteiger partial charge is 0.355 e. The number of aldehydes is 1. The van der Waals surface area contributed by atoms with E-state index >= 15 is 0 Å². The minimum absolute atomic E-state index is 0.0972. The van der Waals surface area contributed by atoms with Gasteiger partial charge in [0.05, 0.1) is 17.7 Å². The Morgan fingerprint density at radius 2 is 2.23 bits per heavy atom. The summed E-state index contributed by atoms with van der Waals surface area (Å²) in [7, 11) is 1.24. The molecule has 13 heavy (non-hydrogen) atoms. The molecule has 0 radical (unpaired) electrons. The first-order valence-electron chi connectivity index (χ1n) is 3.53. The largest absolute Gasteiger partial charge is 0.464 e. The summed E-state index contributed by atoms with van der Waals surface area (Å²) in [6, 6.07) is 0. The first-order chi connectivity index (χ1) is 6.11. The first kappa shape index (κ1) is 9.80. The van der Waals surface area contributed by atoms with E-state index in [0.29, 0.717) is 12.0 Å². The SMILES string of the molecule is COC(=O)c1[nH]c(C)c(Cl)c1C=O. The summed E-state index contributed by atoms with van der Waals surface area (Å²) >= 11 is 5.74. The number of aromatic amines is 1. The van der Waals surface area contributed by atoms with Crippen molar-refractivity contribution in [3.05, 3.63) is 22.0 Å². The molecule has 1 aromatic rings. The lowest BCUT2D eigenvalue weighted by molar-refractivity contribution is 0.0592. The van der Waals surface area contributed by atoms with Crippen LogP contribution in [-0.2, 0) is 4.74 Å². The normalized spacial score (nSPS) is 9.77. The number of rotatable bonds is 2. The third-order valence-electron chi connectivity index (χ3n) is 1.65. The molecule has 0 unspecified atom stereocenters. The van der Waals surface area contributed by atoms with Crippen LogP contribution in [0.4, 0.5) is 0 Å². The Morgan fingerprint density at radius 1 is 1.62 bits per heavy atom. The lowest BCUT2D eigenvalue weighted by Gasteiger charge is -1.95. The summed E-state index contributed by atoms with van der Waals surface area (Å²) in [5.74, 6) is -0.600. The van der Waals surface area contributed by atoms with E-state index in [4.69, 9.17) is 11.6 Å². The molecule has 0 fully saturated rings. The first-order valence-corrected chi connectivity index (χ1v) is 3.91. The van der Waals surface area contributed by atoms with Crippen LogP contribution in [0.1, 0.15) is 26.5 Å². The second-order valence-corrected chi connectivity index (χ2v) is 2.84. The van der Waals surface area contributed by atoms with Crippen LogP contribution >= 0.6 is 11.6 Å². The molecular weight excluding hydrogens is 194 g/mol. The van der Waals surface area contributed by atoms with Gasteiger partial charge in [-0.3, -0.25) is 4.79 Å². The number of carbonyl (C=O) groups excluding carboxylic acids is 2. The highest BCUT2D eigenvalue weighted by atomic mass is 35.5. The Bertz CT molecular complexity index is 357. The molecule has 1 aromatic heterocycles. The molecule has 0 aliphatic carbocycles. The number of methoxy groups -OCH3 is 1. The van der Waals surface area contributed by atoms with Gasteiger partial charge in [-0.1, -0.05) is 11.6 Å². The van der Waals surface area contributed by atoms with Crippen LogP contribution in [0.25, 0.3) is 0 Å². The van der Waals surface area contributed by atoms with Crippen LogP contribution in [0, 0.1) is 6.92 Å². The molecule has 0 saturated heterocycles. The molecule has 0 bridgehead atoms. The molecule has 0 atom stereocenters. The summed E-state index contributed by atoms with van der Waals surface area (Å²) in [5.41, 5.74) is 0.815. The Kier molecular flexibility index (Phi) is 2.72. The number of hydrogen-bond donors (Lipinski definition) is 1. The Morgan fingerprint density at radius 3 is 2.69 bits per heavy atom. The Balaban J connectivity index is 3.29. The van der Waals surface area contributed by atoms with E-state index in [1.807, 2.05) is 0 Å². The summed E-state index contributed by atoms with van der Waals surface area (Å²) in [6.45, 7) is 1.67. The molecule has 0 aromatic carbocycles. The van der Waals surface area contributed by atoms with Crippen molar-refractivity contribution in [2.24, 2.45) is 0 Å². The maximum Gasteiger partial charge on any atom is 0.355 e. The maximum atomic E-state index is 11.1. The summed E-state index contributed by atoms with van der Waals surface area (Å²) in [6.07, 6.45) is 0.526. The topological polar surface area (TPSA) is 59.2 Å². The van der Waals surface area contributed by atoms with Crippen molar-refractivity contribution in [3.63, 3.8) is 0 Å². The van der Waals surface area contributed by atoms with Crippen LogP contribution in [0.15, 0.2) is 0 Å². The summed E-state index contributed by atoms with van der Waals surface area (Å²) < 4.78 is 4.46. The highest BCUT2D eigenvalue weighted by molar-refractivity contribution is 6.34. The van der Waals surface area contributed by atoms with Gasteiger partial charge in [0, 0.05) is 5.69 Å². The van der Waals surface area contributed by atoms with Crippen molar-refractivity contribution < 1.29 is 14.3 Å². The van der Waals surface area contributed by atoms with Crippen LogP contribution in [0.3, 0.4) is 0 Å². The lowest BCUT2D eigenvalue weighted by atomic mass is 10.2. The molecule has 0 amide bonds. The van der Waals surface area contributed by atoms with Crippen molar-refractivity contribution in [3.8, 4) is 0 Å². The second kappa shape index (κ2) is 3.62. The number of aryl methyl sites for hydroxylation is 1. The number of halogens is 1. The van der Waals surface area contributed by atoms with Gasteiger partial charge >= 0.3 is 5.97 Å². The molecule has 0 saturated carbocycles. The van der Waals surface area contributed by atoms with Crippen LogP contribution in [-0.4, -0.2) is 24.3 Å². The molecule has 1 rings (SSSR count). The second-order valence-electron chi connectivity index (χ2n) is 2.46. The maximum absolute atomic E-state index is 11.1. The van der Waals surface area contributed by atoms with Crippen LogP contribution in [0.5, 0.6) is 0 Å². The number of nitrogens with one attached hydrogen (secondary N) is 1. The van der Waals surface area contributed by atoms with E-state index in [-0.39, 0.29) is 16.3 Å². The van der Waals surface area contributed by atoms with E-state index in [9.17, 15) is 9.59 Å². The third kappa shape index (κ3) is 1.58. The number of H-pyrrole nitrogens is 1. The van der Waals surface area contributed by atoms with Gasteiger partial charge in [0.15, 0.2) is 6.29 Å². The van der Waals surface area contributed by atoms with Gasteiger partial charge in [-0.05, 0) is 6.92 Å². The average molecular weight is 202 g/mol. The number of aromatic nitrogens is 1.